The van der Waals surface area contributed by atoms with E-state index in [2.05, 4.69) is 16.8 Å². The predicted octanol–water partition coefficient (Wildman–Crippen LogP) is 1.48. The fourth-order valence-electron chi connectivity index (χ4n) is 2.83. The van der Waals surface area contributed by atoms with E-state index in [1.54, 1.807) is 22.2 Å². The van der Waals surface area contributed by atoms with Gasteiger partial charge in [-0.25, -0.2) is 4.98 Å². The molecule has 0 saturated carbocycles. The quantitative estimate of drug-likeness (QED) is 0.929. The first-order chi connectivity index (χ1) is 10.2. The molecule has 1 saturated heterocycles. The minimum absolute atomic E-state index is 0.0495. The number of hydrogen-bond donors (Lipinski definition) is 1. The smallest absolute Gasteiger partial charge is 0.262 e. The van der Waals surface area contributed by atoms with Crippen LogP contribution >= 0.6 is 11.3 Å². The van der Waals surface area contributed by atoms with Gasteiger partial charge in [0.15, 0.2) is 0 Å². The molecule has 5 nitrogen and oxygen atoms in total. The van der Waals surface area contributed by atoms with Crippen LogP contribution < -0.4 is 5.56 Å². The number of fused-ring (bicyclic) bond motifs is 1. The highest BCUT2D eigenvalue weighted by Gasteiger charge is 2.17. The topological polar surface area (TPSA) is 58.4 Å². The third kappa shape index (κ3) is 3.17. The zero-order valence-electron chi connectivity index (χ0n) is 12.3. The van der Waals surface area contributed by atoms with Crippen LogP contribution in [0.1, 0.15) is 24.6 Å². The molecule has 3 rings (SSSR count). The number of piperidine rings is 1. The van der Waals surface area contributed by atoms with Crippen molar-refractivity contribution in [2.75, 3.05) is 19.6 Å². The number of aliphatic hydroxyl groups excluding tert-OH is 1. The van der Waals surface area contributed by atoms with Gasteiger partial charge in [0, 0.05) is 24.5 Å². The van der Waals surface area contributed by atoms with Crippen molar-refractivity contribution in [1.29, 1.82) is 0 Å². The number of aryl methyl sites for hydroxylation is 1. The van der Waals surface area contributed by atoms with Gasteiger partial charge in [0.1, 0.15) is 4.83 Å². The molecule has 2 aromatic heterocycles. The van der Waals surface area contributed by atoms with Gasteiger partial charge in [-0.2, -0.15) is 0 Å². The lowest BCUT2D eigenvalue weighted by Crippen LogP contribution is -2.40. The molecule has 1 unspecified atom stereocenters. The van der Waals surface area contributed by atoms with E-state index >= 15 is 0 Å². The van der Waals surface area contributed by atoms with E-state index in [4.69, 9.17) is 0 Å². The maximum atomic E-state index is 12.5. The summed E-state index contributed by atoms with van der Waals surface area (Å²) in [5.41, 5.74) is 0.0495. The van der Waals surface area contributed by atoms with Crippen LogP contribution in [0.15, 0.2) is 17.2 Å². The van der Waals surface area contributed by atoms with Crippen molar-refractivity contribution in [3.8, 4) is 0 Å². The molecular weight excluding hydrogens is 286 g/mol. The van der Waals surface area contributed by atoms with Crippen molar-refractivity contribution in [3.63, 3.8) is 0 Å². The molecule has 0 spiro atoms. The number of rotatable bonds is 4. The highest BCUT2D eigenvalue weighted by Crippen LogP contribution is 2.21. The Balaban J connectivity index is 1.74. The van der Waals surface area contributed by atoms with Gasteiger partial charge in [0.2, 0.25) is 0 Å². The molecule has 0 radical (unpaired) electrons. The van der Waals surface area contributed by atoms with Gasteiger partial charge in [0.05, 0.1) is 17.8 Å². The van der Waals surface area contributed by atoms with Crippen LogP contribution in [-0.2, 0) is 13.0 Å². The van der Waals surface area contributed by atoms with E-state index < -0.39 is 0 Å². The van der Waals surface area contributed by atoms with E-state index in [1.807, 2.05) is 6.07 Å². The van der Waals surface area contributed by atoms with Crippen molar-refractivity contribution >= 4 is 21.6 Å². The Labute approximate surface area is 127 Å². The zero-order valence-corrected chi connectivity index (χ0v) is 13.1. The second kappa shape index (κ2) is 6.25. The van der Waals surface area contributed by atoms with Crippen molar-refractivity contribution in [2.45, 2.75) is 38.8 Å². The Morgan fingerprint density at radius 3 is 3.10 bits per heavy atom. The Hall–Kier alpha value is -1.24. The molecule has 1 fully saturated rings. The van der Waals surface area contributed by atoms with E-state index in [-0.39, 0.29) is 11.7 Å². The molecule has 0 amide bonds. The monoisotopic (exact) mass is 307 g/mol. The van der Waals surface area contributed by atoms with Gasteiger partial charge < -0.3 is 5.11 Å². The molecule has 21 heavy (non-hydrogen) atoms. The van der Waals surface area contributed by atoms with Crippen molar-refractivity contribution in [3.05, 3.63) is 27.6 Å². The Morgan fingerprint density at radius 1 is 1.48 bits per heavy atom. The molecule has 1 atom stereocenters. The van der Waals surface area contributed by atoms with Crippen LogP contribution in [0, 0.1) is 0 Å². The number of likely N-dealkylation sites (tertiary alicyclic amines) is 1. The van der Waals surface area contributed by atoms with Crippen molar-refractivity contribution in [1.82, 2.24) is 14.5 Å². The number of aromatic nitrogens is 2. The van der Waals surface area contributed by atoms with Gasteiger partial charge in [-0.05, 0) is 31.9 Å². The summed E-state index contributed by atoms with van der Waals surface area (Å²) in [7, 11) is 0. The molecule has 1 N–H and O–H groups in total. The first-order valence-corrected chi connectivity index (χ1v) is 8.37. The minimum atomic E-state index is -0.222. The van der Waals surface area contributed by atoms with Crippen LogP contribution in [0.25, 0.3) is 10.2 Å². The largest absolute Gasteiger partial charge is 0.392 e. The second-order valence-corrected chi connectivity index (χ2v) is 6.74. The molecule has 0 bridgehead atoms. The summed E-state index contributed by atoms with van der Waals surface area (Å²) in [4.78, 5) is 21.1. The first-order valence-electron chi connectivity index (χ1n) is 7.55. The maximum absolute atomic E-state index is 12.5. The molecule has 6 heteroatoms. The Kier molecular flexibility index (Phi) is 4.37. The third-order valence-corrected chi connectivity index (χ3v) is 5.24. The second-order valence-electron chi connectivity index (χ2n) is 5.62. The highest BCUT2D eigenvalue weighted by atomic mass is 32.1. The molecule has 2 aromatic rings. The number of aliphatic hydroxyl groups is 1. The lowest BCUT2D eigenvalue weighted by Gasteiger charge is -2.29. The maximum Gasteiger partial charge on any atom is 0.262 e. The van der Waals surface area contributed by atoms with Crippen LogP contribution in [0.2, 0.25) is 0 Å². The normalized spacial score (nSPS) is 20.2. The van der Waals surface area contributed by atoms with Gasteiger partial charge in [-0.15, -0.1) is 11.3 Å². The van der Waals surface area contributed by atoms with Gasteiger partial charge >= 0.3 is 0 Å². The van der Waals surface area contributed by atoms with E-state index in [0.717, 1.165) is 42.6 Å². The van der Waals surface area contributed by atoms with Crippen LogP contribution in [0.5, 0.6) is 0 Å². The summed E-state index contributed by atoms with van der Waals surface area (Å²) in [6, 6.07) is 1.97. The zero-order chi connectivity index (χ0) is 14.8. The molecule has 0 aromatic carbocycles. The fraction of sp³-hybridized carbons (Fsp3) is 0.600. The molecule has 1 aliphatic heterocycles. The average molecular weight is 307 g/mol. The number of thiophene rings is 1. The standard InChI is InChI=1S/C15H21N3O2S/c1-2-12-8-13-14(21-12)16-10-18(15(13)20)7-6-17-5-3-4-11(19)9-17/h8,10-11,19H,2-7,9H2,1H3. The van der Waals surface area contributed by atoms with E-state index in [9.17, 15) is 9.90 Å². The molecule has 3 heterocycles. The Morgan fingerprint density at radius 2 is 2.33 bits per heavy atom. The van der Waals surface area contributed by atoms with Crippen molar-refractivity contribution < 1.29 is 5.11 Å². The van der Waals surface area contributed by atoms with Gasteiger partial charge in [0.25, 0.3) is 5.56 Å². The summed E-state index contributed by atoms with van der Waals surface area (Å²) in [6.45, 7) is 5.22. The number of hydrogen-bond acceptors (Lipinski definition) is 5. The SMILES string of the molecule is CCc1cc2c(=O)n(CCN3CCCC(O)C3)cnc2s1. The van der Waals surface area contributed by atoms with Crippen LogP contribution in [0.4, 0.5) is 0 Å². The van der Waals surface area contributed by atoms with Crippen LogP contribution in [-0.4, -0.2) is 45.3 Å². The molecule has 114 valence electrons. The summed E-state index contributed by atoms with van der Waals surface area (Å²) in [5.74, 6) is 0. The number of β-amino-alcohol motifs (C(OH)–C–C–N with tert-alkyl or cyclic N) is 1. The van der Waals surface area contributed by atoms with E-state index in [0.29, 0.717) is 13.1 Å². The van der Waals surface area contributed by atoms with Crippen LogP contribution in [0.3, 0.4) is 0 Å². The predicted molar refractivity (Wildman–Crippen MR) is 84.9 cm³/mol. The summed E-state index contributed by atoms with van der Waals surface area (Å²) < 4.78 is 1.69. The first kappa shape index (κ1) is 14.7. The summed E-state index contributed by atoms with van der Waals surface area (Å²) in [6.07, 6.45) is 4.28. The molecular formula is C15H21N3O2S. The highest BCUT2D eigenvalue weighted by molar-refractivity contribution is 7.18. The fourth-order valence-corrected chi connectivity index (χ4v) is 3.75. The molecule has 1 aliphatic rings. The number of nitrogens with zero attached hydrogens (tertiary/aromatic N) is 3. The van der Waals surface area contributed by atoms with Gasteiger partial charge in [-0.3, -0.25) is 14.3 Å². The van der Waals surface area contributed by atoms with E-state index in [1.165, 1.54) is 4.88 Å². The van der Waals surface area contributed by atoms with Gasteiger partial charge in [-0.1, -0.05) is 6.92 Å². The minimum Gasteiger partial charge on any atom is -0.392 e. The summed E-state index contributed by atoms with van der Waals surface area (Å²) in [5, 5.41) is 10.4. The lowest BCUT2D eigenvalue weighted by molar-refractivity contribution is 0.0687. The summed E-state index contributed by atoms with van der Waals surface area (Å²) >= 11 is 1.60. The average Bonchev–Trinajstić information content (AvgIpc) is 2.91. The van der Waals surface area contributed by atoms with Crippen molar-refractivity contribution in [2.24, 2.45) is 0 Å². The third-order valence-electron chi connectivity index (χ3n) is 4.06. The molecule has 0 aliphatic carbocycles. The Bertz CT molecular complexity index is 679. The lowest BCUT2D eigenvalue weighted by atomic mass is 10.1.